The standard InChI is InChI=1S/C31H42F3N7O5S/c1-19(2)12-28(43)35-14-23-13-21(7-8-26(23)31(32,33)34)29-25-18-40(47(4,44)45)11-9-27(25)41(37-29)17-24(42)16-39-10-5-6-22(15-39)30-36-20(3)38-46-30/h7-8,13,19,22,24,42H,5-6,9-12,14-18H2,1-4H3,(H,35,43). The fourth-order valence-electron chi connectivity index (χ4n) is 6.39. The first-order valence-electron chi connectivity index (χ1n) is 15.8. The van der Waals surface area contributed by atoms with E-state index in [-0.39, 0.29) is 55.9 Å². The van der Waals surface area contributed by atoms with E-state index >= 15 is 0 Å². The molecule has 0 saturated carbocycles. The minimum absolute atomic E-state index is 0.00151. The summed E-state index contributed by atoms with van der Waals surface area (Å²) < 4.78 is 75.3. The summed E-state index contributed by atoms with van der Waals surface area (Å²) in [5, 5.41) is 22.5. The number of likely N-dealkylation sites (tertiary alicyclic amines) is 1. The molecule has 2 aromatic heterocycles. The summed E-state index contributed by atoms with van der Waals surface area (Å²) in [6.45, 7) is 7.23. The van der Waals surface area contributed by atoms with Gasteiger partial charge in [0, 0.05) is 62.4 Å². The third-order valence-electron chi connectivity index (χ3n) is 8.57. The lowest BCUT2D eigenvalue weighted by Crippen LogP contribution is -2.41. The molecule has 5 rings (SSSR count). The number of aromatic nitrogens is 4. The Hall–Kier alpha value is -3.34. The fourth-order valence-corrected chi connectivity index (χ4v) is 7.18. The second-order valence-electron chi connectivity index (χ2n) is 13.0. The van der Waals surface area contributed by atoms with Crippen LogP contribution in [0, 0.1) is 12.8 Å². The molecule has 3 aromatic rings. The number of aryl methyl sites for hydroxylation is 1. The quantitative estimate of drug-likeness (QED) is 0.311. The second-order valence-corrected chi connectivity index (χ2v) is 15.0. The molecule has 0 spiro atoms. The number of amides is 1. The van der Waals surface area contributed by atoms with Crippen LogP contribution in [0.25, 0.3) is 11.3 Å². The van der Waals surface area contributed by atoms with E-state index in [0.717, 1.165) is 37.4 Å². The fraction of sp³-hybridized carbons (Fsp3) is 0.613. The van der Waals surface area contributed by atoms with Crippen molar-refractivity contribution in [1.82, 2.24) is 34.4 Å². The summed E-state index contributed by atoms with van der Waals surface area (Å²) in [4.78, 5) is 18.8. The maximum absolute atomic E-state index is 14.0. The number of aliphatic hydroxyl groups is 1. The largest absolute Gasteiger partial charge is 0.416 e. The number of hydrogen-bond donors (Lipinski definition) is 2. The van der Waals surface area contributed by atoms with Crippen molar-refractivity contribution in [2.24, 2.45) is 5.92 Å². The zero-order chi connectivity index (χ0) is 34.1. The Kier molecular flexibility index (Phi) is 10.4. The van der Waals surface area contributed by atoms with E-state index in [9.17, 15) is 31.5 Å². The highest BCUT2D eigenvalue weighted by Crippen LogP contribution is 2.37. The van der Waals surface area contributed by atoms with Gasteiger partial charge in [0.25, 0.3) is 0 Å². The van der Waals surface area contributed by atoms with Gasteiger partial charge >= 0.3 is 6.18 Å². The van der Waals surface area contributed by atoms with Crippen molar-refractivity contribution in [2.75, 3.05) is 32.4 Å². The number of carbonyl (C=O) groups excluding carboxylic acids is 1. The highest BCUT2D eigenvalue weighted by molar-refractivity contribution is 7.88. The molecule has 47 heavy (non-hydrogen) atoms. The van der Waals surface area contributed by atoms with E-state index in [1.165, 1.54) is 16.4 Å². The summed E-state index contributed by atoms with van der Waals surface area (Å²) in [6, 6.07) is 3.64. The van der Waals surface area contributed by atoms with Crippen LogP contribution in [0.3, 0.4) is 0 Å². The summed E-state index contributed by atoms with van der Waals surface area (Å²) in [7, 11) is -3.56. The van der Waals surface area contributed by atoms with E-state index in [2.05, 4.69) is 20.4 Å². The lowest BCUT2D eigenvalue weighted by Gasteiger charge is -2.32. The number of hydrogen-bond acceptors (Lipinski definition) is 9. The molecule has 2 aliphatic rings. The molecule has 1 amide bonds. The molecule has 258 valence electrons. The van der Waals surface area contributed by atoms with Gasteiger partial charge in [-0.15, -0.1) is 0 Å². The molecule has 2 atom stereocenters. The first-order valence-corrected chi connectivity index (χ1v) is 17.6. The Morgan fingerprint density at radius 2 is 1.98 bits per heavy atom. The van der Waals surface area contributed by atoms with Crippen LogP contribution >= 0.6 is 0 Å². The van der Waals surface area contributed by atoms with Gasteiger partial charge in [-0.2, -0.15) is 27.6 Å². The SMILES string of the molecule is Cc1noc(C2CCCN(CC(O)Cn3nc(-c4ccc(C(F)(F)F)c(CNC(=O)CC(C)C)c4)c4c3CCN(S(C)(=O)=O)C4)C2)n1. The topological polar surface area (TPSA) is 147 Å². The molecule has 1 aromatic carbocycles. The zero-order valence-electron chi connectivity index (χ0n) is 27.0. The molecule has 2 aliphatic heterocycles. The number of rotatable bonds is 11. The van der Waals surface area contributed by atoms with Gasteiger partial charge in [-0.3, -0.25) is 14.4 Å². The van der Waals surface area contributed by atoms with Crippen LogP contribution in [0.2, 0.25) is 0 Å². The third-order valence-corrected chi connectivity index (χ3v) is 9.82. The third kappa shape index (κ3) is 8.58. The average molecular weight is 682 g/mol. The Labute approximate surface area is 272 Å². The molecule has 12 nitrogen and oxygen atoms in total. The molecule has 2 unspecified atom stereocenters. The average Bonchev–Trinajstić information content (AvgIpc) is 3.58. The molecule has 0 aliphatic carbocycles. The Morgan fingerprint density at radius 1 is 1.21 bits per heavy atom. The molecular weight excluding hydrogens is 639 g/mol. The molecule has 0 bridgehead atoms. The van der Waals surface area contributed by atoms with Gasteiger partial charge in [0.2, 0.25) is 21.8 Å². The van der Waals surface area contributed by atoms with Crippen LogP contribution in [0.1, 0.15) is 73.1 Å². The van der Waals surface area contributed by atoms with Crippen molar-refractivity contribution in [3.63, 3.8) is 0 Å². The summed E-state index contributed by atoms with van der Waals surface area (Å²) in [5.74, 6) is 0.899. The number of alkyl halides is 3. The lowest BCUT2D eigenvalue weighted by atomic mass is 9.97. The van der Waals surface area contributed by atoms with E-state index in [1.54, 1.807) is 11.6 Å². The van der Waals surface area contributed by atoms with Gasteiger partial charge in [0.05, 0.1) is 36.1 Å². The van der Waals surface area contributed by atoms with Crippen LogP contribution in [-0.4, -0.2) is 87.1 Å². The normalized spacial score (nSPS) is 18.8. The number of β-amino-alcohol motifs (C(OH)–C–C–N with tert-alkyl or cyclic N) is 1. The van der Waals surface area contributed by atoms with Gasteiger partial charge in [0.1, 0.15) is 0 Å². The molecule has 0 radical (unpaired) electrons. The van der Waals surface area contributed by atoms with Gasteiger partial charge in [-0.1, -0.05) is 25.1 Å². The summed E-state index contributed by atoms with van der Waals surface area (Å²) >= 11 is 0. The first kappa shape index (κ1) is 35.0. The highest BCUT2D eigenvalue weighted by atomic mass is 32.2. The van der Waals surface area contributed by atoms with Crippen LogP contribution in [-0.2, 0) is 47.0 Å². The van der Waals surface area contributed by atoms with Gasteiger partial charge < -0.3 is 14.9 Å². The maximum atomic E-state index is 14.0. The van der Waals surface area contributed by atoms with Crippen LogP contribution in [0.5, 0.6) is 0 Å². The predicted octanol–water partition coefficient (Wildman–Crippen LogP) is 3.48. The smallest absolute Gasteiger partial charge is 0.390 e. The van der Waals surface area contributed by atoms with Gasteiger partial charge in [0.15, 0.2) is 5.82 Å². The van der Waals surface area contributed by atoms with Crippen molar-refractivity contribution in [3.05, 3.63) is 52.3 Å². The Morgan fingerprint density at radius 3 is 2.64 bits per heavy atom. The zero-order valence-corrected chi connectivity index (χ0v) is 27.9. The number of benzene rings is 1. The summed E-state index contributed by atoms with van der Waals surface area (Å²) in [6.07, 6.45) is -2.07. The lowest BCUT2D eigenvalue weighted by molar-refractivity contribution is -0.138. The number of piperidine rings is 1. The molecule has 1 fully saturated rings. The number of aliphatic hydroxyl groups excluding tert-OH is 1. The van der Waals surface area contributed by atoms with Gasteiger partial charge in [-0.05, 0) is 49.9 Å². The van der Waals surface area contributed by atoms with E-state index < -0.39 is 27.9 Å². The number of nitrogens with one attached hydrogen (secondary N) is 1. The second kappa shape index (κ2) is 14.0. The molecular formula is C31H42F3N7O5S. The van der Waals surface area contributed by atoms with E-state index in [1.807, 2.05) is 13.8 Å². The van der Waals surface area contributed by atoms with Crippen LogP contribution in [0.4, 0.5) is 13.2 Å². The number of fused-ring (bicyclic) bond motifs is 1. The van der Waals surface area contributed by atoms with Crippen molar-refractivity contribution in [1.29, 1.82) is 0 Å². The minimum Gasteiger partial charge on any atom is -0.390 e. The molecule has 4 heterocycles. The monoisotopic (exact) mass is 681 g/mol. The number of carbonyl (C=O) groups is 1. The number of nitrogens with zero attached hydrogens (tertiary/aromatic N) is 6. The van der Waals surface area contributed by atoms with E-state index in [4.69, 9.17) is 9.62 Å². The van der Waals surface area contributed by atoms with Crippen LogP contribution in [0.15, 0.2) is 22.7 Å². The Bertz CT molecular complexity index is 1690. The molecule has 1 saturated heterocycles. The number of sulfonamides is 1. The highest BCUT2D eigenvalue weighted by Gasteiger charge is 2.35. The van der Waals surface area contributed by atoms with Crippen molar-refractivity contribution >= 4 is 15.9 Å². The Balaban J connectivity index is 1.42. The van der Waals surface area contributed by atoms with Crippen LogP contribution < -0.4 is 5.32 Å². The van der Waals surface area contributed by atoms with Crippen molar-refractivity contribution in [2.45, 2.75) is 84.3 Å². The predicted molar refractivity (Wildman–Crippen MR) is 166 cm³/mol. The molecule has 16 heteroatoms. The number of halogens is 3. The summed E-state index contributed by atoms with van der Waals surface area (Å²) in [5.41, 5.74) is 1.01. The maximum Gasteiger partial charge on any atom is 0.416 e. The first-order chi connectivity index (χ1) is 22.1. The van der Waals surface area contributed by atoms with Crippen molar-refractivity contribution < 1.29 is 36.0 Å². The van der Waals surface area contributed by atoms with Gasteiger partial charge in [-0.25, -0.2) is 8.42 Å². The van der Waals surface area contributed by atoms with E-state index in [0.29, 0.717) is 48.0 Å². The molecule has 2 N–H and O–H groups in total. The minimum atomic E-state index is -4.65. The van der Waals surface area contributed by atoms with Crippen molar-refractivity contribution in [3.8, 4) is 11.3 Å².